The van der Waals surface area contributed by atoms with Crippen molar-refractivity contribution in [2.75, 3.05) is 11.4 Å². The van der Waals surface area contributed by atoms with Gasteiger partial charge >= 0.3 is 0 Å². The highest BCUT2D eigenvalue weighted by Crippen LogP contribution is 2.25. The topological polar surface area (TPSA) is 66.0 Å². The van der Waals surface area contributed by atoms with Crippen molar-refractivity contribution in [3.8, 4) is 0 Å². The Morgan fingerprint density at radius 2 is 2.28 bits per heavy atom. The lowest BCUT2D eigenvalue weighted by Crippen LogP contribution is -2.34. The maximum Gasteiger partial charge on any atom is 0.141 e. The molecule has 4 nitrogen and oxygen atoms in total. The zero-order valence-corrected chi connectivity index (χ0v) is 11.0. The minimum atomic E-state index is 0.0319. The van der Waals surface area contributed by atoms with Gasteiger partial charge in [-0.3, -0.25) is 10.4 Å². The van der Waals surface area contributed by atoms with Crippen molar-refractivity contribution in [2.24, 2.45) is 5.73 Å². The molecule has 0 aliphatic carbocycles. The summed E-state index contributed by atoms with van der Waals surface area (Å²) >= 11 is 0. The molecule has 1 aromatic heterocycles. The van der Waals surface area contributed by atoms with Crippen LogP contribution in [-0.4, -0.2) is 23.4 Å². The van der Waals surface area contributed by atoms with Gasteiger partial charge in [-0.2, -0.15) is 0 Å². The lowest BCUT2D eigenvalue weighted by atomic mass is 10.1. The van der Waals surface area contributed by atoms with Crippen LogP contribution in [0.3, 0.4) is 0 Å². The minimum Gasteiger partial charge on any atom is -0.382 e. The summed E-state index contributed by atoms with van der Waals surface area (Å²) in [5.41, 5.74) is 7.15. The molecule has 1 saturated heterocycles. The Labute approximate surface area is 109 Å². The Morgan fingerprint density at radius 3 is 2.89 bits per heavy atom. The number of anilines is 1. The number of nitrogens with zero attached hydrogens (tertiary/aromatic N) is 2. The van der Waals surface area contributed by atoms with Crippen molar-refractivity contribution in [2.45, 2.75) is 45.1 Å². The Bertz CT molecular complexity index is 399. The van der Waals surface area contributed by atoms with Gasteiger partial charge in [0, 0.05) is 12.6 Å². The van der Waals surface area contributed by atoms with Gasteiger partial charge in [0.25, 0.3) is 0 Å². The van der Waals surface area contributed by atoms with Crippen LogP contribution >= 0.6 is 0 Å². The van der Waals surface area contributed by atoms with Crippen LogP contribution < -0.4 is 10.6 Å². The van der Waals surface area contributed by atoms with Crippen LogP contribution in [0.25, 0.3) is 0 Å². The van der Waals surface area contributed by atoms with Gasteiger partial charge in [-0.1, -0.05) is 19.8 Å². The minimum absolute atomic E-state index is 0.0319. The molecule has 1 aromatic rings. The lowest BCUT2D eigenvalue weighted by Gasteiger charge is -2.31. The Hall–Kier alpha value is -1.58. The van der Waals surface area contributed by atoms with E-state index in [4.69, 9.17) is 11.1 Å². The first-order valence-corrected chi connectivity index (χ1v) is 6.79. The molecular weight excluding hydrogens is 224 g/mol. The van der Waals surface area contributed by atoms with Crippen LogP contribution in [0, 0.1) is 5.41 Å². The third-order valence-corrected chi connectivity index (χ3v) is 3.70. The fraction of sp³-hybridized carbons (Fsp3) is 0.571. The van der Waals surface area contributed by atoms with Gasteiger partial charge < -0.3 is 10.6 Å². The van der Waals surface area contributed by atoms with Crippen molar-refractivity contribution in [1.82, 2.24) is 4.98 Å². The zero-order chi connectivity index (χ0) is 13.0. The summed E-state index contributed by atoms with van der Waals surface area (Å²) in [5, 5.41) is 7.36. The van der Waals surface area contributed by atoms with E-state index in [1.165, 1.54) is 32.1 Å². The number of nitrogen functional groups attached to an aromatic ring is 1. The van der Waals surface area contributed by atoms with Crippen LogP contribution in [-0.2, 0) is 0 Å². The van der Waals surface area contributed by atoms with E-state index in [0.717, 1.165) is 12.2 Å². The average molecular weight is 246 g/mol. The largest absolute Gasteiger partial charge is 0.382 e. The van der Waals surface area contributed by atoms with Gasteiger partial charge in [0.2, 0.25) is 0 Å². The number of rotatable bonds is 3. The smallest absolute Gasteiger partial charge is 0.141 e. The molecule has 1 unspecified atom stereocenters. The molecule has 1 atom stereocenters. The van der Waals surface area contributed by atoms with Crippen molar-refractivity contribution >= 4 is 11.5 Å². The molecule has 3 N–H and O–H groups in total. The standard InChI is InChI=1S/C14H22N4/c1-2-11-6-4-3-5-9-18(11)12-7-8-13(14(15)16)17-10-12/h7-8,10-11H,2-6,9H2,1H3,(H3,15,16). The van der Waals surface area contributed by atoms with Gasteiger partial charge in [-0.05, 0) is 31.4 Å². The van der Waals surface area contributed by atoms with Crippen LogP contribution in [0.4, 0.5) is 5.69 Å². The number of amidine groups is 1. The highest BCUT2D eigenvalue weighted by Gasteiger charge is 2.19. The van der Waals surface area contributed by atoms with Crippen LogP contribution in [0.5, 0.6) is 0 Å². The van der Waals surface area contributed by atoms with Gasteiger partial charge in [-0.15, -0.1) is 0 Å². The second-order valence-corrected chi connectivity index (χ2v) is 4.92. The molecule has 4 heteroatoms. The van der Waals surface area contributed by atoms with E-state index in [1.807, 2.05) is 18.3 Å². The first kappa shape index (κ1) is 12.9. The summed E-state index contributed by atoms with van der Waals surface area (Å²) in [6, 6.07) is 4.50. The van der Waals surface area contributed by atoms with Gasteiger partial charge in [0.05, 0.1) is 11.9 Å². The zero-order valence-electron chi connectivity index (χ0n) is 11.0. The molecule has 1 fully saturated rings. The van der Waals surface area contributed by atoms with E-state index in [-0.39, 0.29) is 5.84 Å². The predicted octanol–water partition coefficient (Wildman–Crippen LogP) is 2.52. The SMILES string of the molecule is CCC1CCCCCN1c1ccc(C(=N)N)nc1. The summed E-state index contributed by atoms with van der Waals surface area (Å²) in [4.78, 5) is 6.72. The van der Waals surface area contributed by atoms with E-state index >= 15 is 0 Å². The summed E-state index contributed by atoms with van der Waals surface area (Å²) < 4.78 is 0. The normalized spacial score (nSPS) is 20.5. The third kappa shape index (κ3) is 2.81. The number of nitrogens with two attached hydrogens (primary N) is 1. The third-order valence-electron chi connectivity index (χ3n) is 3.70. The Balaban J connectivity index is 2.19. The van der Waals surface area contributed by atoms with E-state index in [0.29, 0.717) is 11.7 Å². The summed E-state index contributed by atoms with van der Waals surface area (Å²) in [6.45, 7) is 3.36. The second kappa shape index (κ2) is 5.85. The molecule has 2 heterocycles. The molecule has 0 aromatic carbocycles. The fourth-order valence-electron chi connectivity index (χ4n) is 2.66. The van der Waals surface area contributed by atoms with E-state index in [1.54, 1.807) is 0 Å². The monoisotopic (exact) mass is 246 g/mol. The van der Waals surface area contributed by atoms with Crippen molar-refractivity contribution in [3.05, 3.63) is 24.0 Å². The lowest BCUT2D eigenvalue weighted by molar-refractivity contribution is 0.556. The van der Waals surface area contributed by atoms with Gasteiger partial charge in [-0.25, -0.2) is 0 Å². The first-order chi connectivity index (χ1) is 8.72. The average Bonchev–Trinajstić information content (AvgIpc) is 2.63. The molecule has 2 rings (SSSR count). The highest BCUT2D eigenvalue weighted by atomic mass is 15.2. The molecule has 0 spiro atoms. The summed E-state index contributed by atoms with van der Waals surface area (Å²) in [7, 11) is 0. The van der Waals surface area contributed by atoms with E-state index < -0.39 is 0 Å². The number of hydrogen-bond acceptors (Lipinski definition) is 3. The molecule has 18 heavy (non-hydrogen) atoms. The fourth-order valence-corrected chi connectivity index (χ4v) is 2.66. The molecule has 0 bridgehead atoms. The molecule has 0 radical (unpaired) electrons. The predicted molar refractivity (Wildman–Crippen MR) is 75.1 cm³/mol. The summed E-state index contributed by atoms with van der Waals surface area (Å²) in [6.07, 6.45) is 8.20. The summed E-state index contributed by atoms with van der Waals surface area (Å²) in [5.74, 6) is 0.0319. The van der Waals surface area contributed by atoms with Gasteiger partial charge in [0.1, 0.15) is 11.5 Å². The Kier molecular flexibility index (Phi) is 4.18. The number of pyridine rings is 1. The molecular formula is C14H22N4. The van der Waals surface area contributed by atoms with Crippen LogP contribution in [0.1, 0.15) is 44.7 Å². The van der Waals surface area contributed by atoms with Crippen LogP contribution in [0.15, 0.2) is 18.3 Å². The number of hydrogen-bond donors (Lipinski definition) is 2. The second-order valence-electron chi connectivity index (χ2n) is 4.92. The highest BCUT2D eigenvalue weighted by molar-refractivity contribution is 5.93. The molecule has 98 valence electrons. The first-order valence-electron chi connectivity index (χ1n) is 6.79. The number of nitrogens with one attached hydrogen (secondary N) is 1. The maximum absolute atomic E-state index is 7.36. The quantitative estimate of drug-likeness (QED) is 0.636. The molecule has 1 aliphatic heterocycles. The van der Waals surface area contributed by atoms with Gasteiger partial charge in [0.15, 0.2) is 0 Å². The van der Waals surface area contributed by atoms with E-state index in [9.17, 15) is 0 Å². The Morgan fingerprint density at radius 1 is 1.44 bits per heavy atom. The van der Waals surface area contributed by atoms with Crippen molar-refractivity contribution < 1.29 is 0 Å². The van der Waals surface area contributed by atoms with Crippen molar-refractivity contribution in [1.29, 1.82) is 5.41 Å². The van der Waals surface area contributed by atoms with Crippen LogP contribution in [0.2, 0.25) is 0 Å². The molecule has 0 saturated carbocycles. The maximum atomic E-state index is 7.36. The van der Waals surface area contributed by atoms with Crippen molar-refractivity contribution in [3.63, 3.8) is 0 Å². The van der Waals surface area contributed by atoms with E-state index in [2.05, 4.69) is 16.8 Å². The number of aromatic nitrogens is 1. The molecule has 1 aliphatic rings. The molecule has 0 amide bonds.